The molecule has 3 aliphatic heterocycles. The van der Waals surface area contributed by atoms with E-state index in [1.807, 2.05) is 23.1 Å². The highest BCUT2D eigenvalue weighted by molar-refractivity contribution is 6.02. The average Bonchev–Trinajstić information content (AvgIpc) is 3.17. The number of anilines is 1. The molecule has 3 atom stereocenters. The summed E-state index contributed by atoms with van der Waals surface area (Å²) >= 11 is 0. The third-order valence-electron chi connectivity index (χ3n) is 5.76. The Morgan fingerprint density at radius 3 is 2.73 bits per heavy atom. The number of aromatic nitrogens is 1. The molecule has 132 valence electrons. The lowest BCUT2D eigenvalue weighted by Crippen LogP contribution is -2.64. The summed E-state index contributed by atoms with van der Waals surface area (Å²) in [6, 6.07) is 10.3. The van der Waals surface area contributed by atoms with Gasteiger partial charge in [0.1, 0.15) is 5.66 Å². The molecule has 2 amide bonds. The van der Waals surface area contributed by atoms with Gasteiger partial charge in [-0.25, -0.2) is 0 Å². The zero-order valence-electron chi connectivity index (χ0n) is 14.0. The lowest BCUT2D eigenvalue weighted by Gasteiger charge is -2.43. The van der Waals surface area contributed by atoms with Crippen LogP contribution in [0.25, 0.3) is 0 Å². The highest BCUT2D eigenvalue weighted by Crippen LogP contribution is 2.46. The van der Waals surface area contributed by atoms with Crippen LogP contribution in [0.2, 0.25) is 0 Å². The highest BCUT2D eigenvalue weighted by atomic mass is 16.2. The summed E-state index contributed by atoms with van der Waals surface area (Å²) in [5, 5.41) is 6.62. The van der Waals surface area contributed by atoms with Crippen molar-refractivity contribution in [2.24, 2.45) is 0 Å². The van der Waals surface area contributed by atoms with Crippen LogP contribution < -0.4 is 16.2 Å². The van der Waals surface area contributed by atoms with E-state index in [1.54, 1.807) is 12.1 Å². The molecular formula is C19H18N4O3. The number of nitrogens with zero attached hydrogens (tertiary/aromatic N) is 1. The molecule has 0 radical (unpaired) electrons. The summed E-state index contributed by atoms with van der Waals surface area (Å²) in [6.07, 6.45) is 3.88. The van der Waals surface area contributed by atoms with Gasteiger partial charge in [0.15, 0.2) is 0 Å². The summed E-state index contributed by atoms with van der Waals surface area (Å²) in [6.45, 7) is 0. The van der Waals surface area contributed by atoms with Gasteiger partial charge in [-0.3, -0.25) is 14.4 Å². The molecule has 0 saturated carbocycles. The molecule has 1 aromatic carbocycles. The number of hydrogen-bond donors (Lipinski definition) is 3. The first kappa shape index (κ1) is 15.2. The number of aromatic amines is 1. The van der Waals surface area contributed by atoms with Gasteiger partial charge in [0.05, 0.1) is 17.2 Å². The molecule has 2 saturated heterocycles. The molecule has 2 aromatic rings. The SMILES string of the molecule is O=C1N[C@]2(C[C@H]3CC[C@H]2N3C(=O)c2ccc(=O)[nH]c2)Nc2ccccc21. The standard InChI is InChI=1S/C19H18N4O3/c24-16-8-5-11(10-20-16)18(26)23-12-6-7-15(23)19(9-12)21-14-4-2-1-3-13(14)17(25)22-19/h1-5,8,10,12,15,21H,6-7,9H2,(H,20,24)(H,22,25)/t12-,15-,19+/m1/s1. The van der Waals surface area contributed by atoms with E-state index in [-0.39, 0.29) is 29.5 Å². The maximum absolute atomic E-state index is 13.0. The second kappa shape index (κ2) is 5.20. The third-order valence-corrected chi connectivity index (χ3v) is 5.76. The molecule has 5 rings (SSSR count). The Morgan fingerprint density at radius 1 is 1.08 bits per heavy atom. The normalized spacial score (nSPS) is 28.6. The molecule has 0 aliphatic carbocycles. The van der Waals surface area contributed by atoms with Crippen molar-refractivity contribution in [1.29, 1.82) is 0 Å². The van der Waals surface area contributed by atoms with Gasteiger partial charge in [0, 0.05) is 30.4 Å². The third kappa shape index (κ3) is 2.03. The van der Waals surface area contributed by atoms with E-state index in [4.69, 9.17) is 0 Å². The van der Waals surface area contributed by atoms with Crippen molar-refractivity contribution in [1.82, 2.24) is 15.2 Å². The topological polar surface area (TPSA) is 94.3 Å². The molecular weight excluding hydrogens is 332 g/mol. The fraction of sp³-hybridized carbons (Fsp3) is 0.316. The van der Waals surface area contributed by atoms with Crippen molar-refractivity contribution in [3.8, 4) is 0 Å². The van der Waals surface area contributed by atoms with Crippen molar-refractivity contribution >= 4 is 17.5 Å². The van der Waals surface area contributed by atoms with Crippen LogP contribution in [0.15, 0.2) is 47.4 Å². The molecule has 7 nitrogen and oxygen atoms in total. The van der Waals surface area contributed by atoms with Gasteiger partial charge >= 0.3 is 0 Å². The second-order valence-corrected chi connectivity index (χ2v) is 7.20. The van der Waals surface area contributed by atoms with Crippen LogP contribution in [0.5, 0.6) is 0 Å². The van der Waals surface area contributed by atoms with Gasteiger partial charge in [0.2, 0.25) is 5.56 Å². The van der Waals surface area contributed by atoms with Crippen molar-refractivity contribution in [2.75, 3.05) is 5.32 Å². The van der Waals surface area contributed by atoms with Gasteiger partial charge in [-0.05, 0) is 31.0 Å². The molecule has 2 bridgehead atoms. The summed E-state index contributed by atoms with van der Waals surface area (Å²) in [5.74, 6) is -0.219. The van der Waals surface area contributed by atoms with Crippen LogP contribution in [-0.2, 0) is 0 Å². The second-order valence-electron chi connectivity index (χ2n) is 7.20. The van der Waals surface area contributed by atoms with E-state index >= 15 is 0 Å². The first-order valence-electron chi connectivity index (χ1n) is 8.78. The van der Waals surface area contributed by atoms with Gasteiger partial charge < -0.3 is 20.5 Å². The fourth-order valence-electron chi connectivity index (χ4n) is 4.68. The van der Waals surface area contributed by atoms with Crippen LogP contribution in [0, 0.1) is 0 Å². The van der Waals surface area contributed by atoms with Gasteiger partial charge in [-0.2, -0.15) is 0 Å². The minimum atomic E-state index is -0.633. The van der Waals surface area contributed by atoms with Crippen molar-refractivity contribution in [3.05, 3.63) is 64.1 Å². The molecule has 4 heterocycles. The van der Waals surface area contributed by atoms with Crippen LogP contribution >= 0.6 is 0 Å². The largest absolute Gasteiger partial charge is 0.360 e. The maximum atomic E-state index is 13.0. The zero-order valence-corrected chi connectivity index (χ0v) is 14.0. The van der Waals surface area contributed by atoms with Gasteiger partial charge in [-0.1, -0.05) is 12.1 Å². The Kier molecular flexibility index (Phi) is 3.04. The molecule has 0 unspecified atom stereocenters. The number of amides is 2. The number of rotatable bonds is 1. The zero-order chi connectivity index (χ0) is 17.9. The fourth-order valence-corrected chi connectivity index (χ4v) is 4.68. The van der Waals surface area contributed by atoms with Crippen molar-refractivity contribution in [2.45, 2.75) is 37.0 Å². The van der Waals surface area contributed by atoms with Crippen molar-refractivity contribution in [3.63, 3.8) is 0 Å². The van der Waals surface area contributed by atoms with E-state index in [0.29, 0.717) is 17.5 Å². The molecule has 7 heteroatoms. The average molecular weight is 350 g/mol. The molecule has 26 heavy (non-hydrogen) atoms. The number of pyridine rings is 1. The number of carbonyl (C=O) groups excluding carboxylic acids is 2. The Bertz CT molecular complexity index is 964. The van der Waals surface area contributed by atoms with Gasteiger partial charge in [-0.15, -0.1) is 0 Å². The molecule has 1 aromatic heterocycles. The number of fused-ring (bicyclic) bond motifs is 4. The van der Waals surface area contributed by atoms with Gasteiger partial charge in [0.25, 0.3) is 11.8 Å². The maximum Gasteiger partial charge on any atom is 0.255 e. The van der Waals surface area contributed by atoms with Crippen LogP contribution in [0.4, 0.5) is 5.69 Å². The van der Waals surface area contributed by atoms with E-state index in [9.17, 15) is 14.4 Å². The first-order chi connectivity index (χ1) is 12.6. The monoisotopic (exact) mass is 350 g/mol. The molecule has 1 spiro atoms. The summed E-state index contributed by atoms with van der Waals surface area (Å²) in [4.78, 5) is 41.3. The number of nitrogens with one attached hydrogen (secondary N) is 3. The number of H-pyrrole nitrogens is 1. The minimum absolute atomic E-state index is 0.0671. The Balaban J connectivity index is 1.50. The Labute approximate surface area is 149 Å². The Hall–Kier alpha value is -3.09. The van der Waals surface area contributed by atoms with E-state index < -0.39 is 5.66 Å². The highest BCUT2D eigenvalue weighted by Gasteiger charge is 2.59. The van der Waals surface area contributed by atoms with E-state index in [0.717, 1.165) is 18.5 Å². The number of para-hydroxylation sites is 1. The summed E-state index contributed by atoms with van der Waals surface area (Å²) in [7, 11) is 0. The van der Waals surface area contributed by atoms with E-state index in [1.165, 1.54) is 12.3 Å². The van der Waals surface area contributed by atoms with Crippen LogP contribution in [0.3, 0.4) is 0 Å². The molecule has 3 aliphatic rings. The van der Waals surface area contributed by atoms with Crippen LogP contribution in [0.1, 0.15) is 40.0 Å². The lowest BCUT2D eigenvalue weighted by molar-refractivity contribution is 0.0691. The quantitative estimate of drug-likeness (QED) is 0.723. The smallest absolute Gasteiger partial charge is 0.255 e. The predicted octanol–water partition coefficient (Wildman–Crippen LogP) is 1.30. The predicted molar refractivity (Wildman–Crippen MR) is 94.9 cm³/mol. The first-order valence-corrected chi connectivity index (χ1v) is 8.78. The summed E-state index contributed by atoms with van der Waals surface area (Å²) < 4.78 is 0. The van der Waals surface area contributed by atoms with Crippen molar-refractivity contribution < 1.29 is 9.59 Å². The lowest BCUT2D eigenvalue weighted by atomic mass is 9.86. The minimum Gasteiger partial charge on any atom is -0.360 e. The molecule has 2 fully saturated rings. The molecule has 3 N–H and O–H groups in total. The van der Waals surface area contributed by atoms with E-state index in [2.05, 4.69) is 15.6 Å². The number of benzene rings is 1. The number of hydrogen-bond acceptors (Lipinski definition) is 4. The Morgan fingerprint density at radius 2 is 1.92 bits per heavy atom. The van der Waals surface area contributed by atoms with Crippen LogP contribution in [-0.4, -0.2) is 39.4 Å². The summed E-state index contributed by atoms with van der Waals surface area (Å²) in [5.41, 5.74) is 1.02. The number of carbonyl (C=O) groups is 2.